The van der Waals surface area contributed by atoms with E-state index in [-0.39, 0.29) is 41.9 Å². The van der Waals surface area contributed by atoms with Crippen LogP contribution in [-0.4, -0.2) is 55.0 Å². The molecule has 0 saturated carbocycles. The second-order valence-electron chi connectivity index (χ2n) is 6.37. The molecule has 0 N–H and O–H groups in total. The summed E-state index contributed by atoms with van der Waals surface area (Å²) in [5, 5.41) is 5.36. The zero-order valence-electron chi connectivity index (χ0n) is 14.4. The fourth-order valence-electron chi connectivity index (χ4n) is 3.20. The molecule has 7 nitrogen and oxygen atoms in total. The van der Waals surface area contributed by atoms with Gasteiger partial charge in [-0.2, -0.15) is 5.10 Å². The van der Waals surface area contributed by atoms with Crippen molar-refractivity contribution in [3.05, 3.63) is 30.1 Å². The molecule has 26 heavy (non-hydrogen) atoms. The van der Waals surface area contributed by atoms with Crippen LogP contribution in [0.4, 0.5) is 10.1 Å². The fraction of sp³-hybridized carbons (Fsp3) is 0.471. The van der Waals surface area contributed by atoms with E-state index in [1.54, 1.807) is 6.92 Å². The van der Waals surface area contributed by atoms with Gasteiger partial charge in [-0.25, -0.2) is 17.8 Å². The smallest absolute Gasteiger partial charge is 0.274 e. The summed E-state index contributed by atoms with van der Waals surface area (Å²) in [5.41, 5.74) is 0.744. The van der Waals surface area contributed by atoms with E-state index in [1.807, 2.05) is 0 Å². The van der Waals surface area contributed by atoms with Crippen LogP contribution < -0.4 is 4.90 Å². The Morgan fingerprint density at radius 2 is 2.00 bits per heavy atom. The summed E-state index contributed by atoms with van der Waals surface area (Å²) in [6.45, 7) is 2.15. The molecule has 1 fully saturated rings. The Balaban J connectivity index is 1.84. The minimum Gasteiger partial charge on any atom is -0.308 e. The van der Waals surface area contributed by atoms with Crippen LogP contribution in [0, 0.1) is 5.82 Å². The lowest BCUT2D eigenvalue weighted by Crippen LogP contribution is -2.45. The molecule has 0 aromatic heterocycles. The number of hydrogen-bond donors (Lipinski definition) is 0. The number of amides is 2. The molecule has 0 aliphatic carbocycles. The zero-order valence-corrected chi connectivity index (χ0v) is 15.2. The van der Waals surface area contributed by atoms with Crippen molar-refractivity contribution in [2.75, 3.05) is 23.0 Å². The highest BCUT2D eigenvalue weighted by Crippen LogP contribution is 2.23. The fourth-order valence-corrected chi connectivity index (χ4v) is 4.89. The number of halogens is 1. The molecular weight excluding hydrogens is 361 g/mol. The summed E-state index contributed by atoms with van der Waals surface area (Å²) < 4.78 is 36.5. The molecule has 9 heteroatoms. The van der Waals surface area contributed by atoms with Gasteiger partial charge in [-0.05, 0) is 37.6 Å². The second kappa shape index (κ2) is 7.14. The molecule has 1 saturated heterocycles. The molecule has 3 rings (SSSR count). The topological polar surface area (TPSA) is 87.1 Å². The Morgan fingerprint density at radius 1 is 1.31 bits per heavy atom. The third-order valence-electron chi connectivity index (χ3n) is 4.56. The van der Waals surface area contributed by atoms with Crippen molar-refractivity contribution >= 4 is 33.1 Å². The highest BCUT2D eigenvalue weighted by atomic mass is 32.2. The lowest BCUT2D eigenvalue weighted by molar-refractivity contribution is -0.133. The maximum Gasteiger partial charge on any atom is 0.274 e. The van der Waals surface area contributed by atoms with Gasteiger partial charge in [0.2, 0.25) is 5.91 Å². The molecule has 0 radical (unpaired) electrons. The van der Waals surface area contributed by atoms with Crippen molar-refractivity contribution in [3.8, 4) is 0 Å². The van der Waals surface area contributed by atoms with Crippen molar-refractivity contribution in [2.24, 2.45) is 5.10 Å². The minimum absolute atomic E-state index is 0.0247. The lowest BCUT2D eigenvalue weighted by Gasteiger charge is -2.29. The first-order valence-corrected chi connectivity index (χ1v) is 10.3. The molecule has 1 aromatic rings. The number of benzene rings is 1. The Hall–Kier alpha value is -2.29. The average molecular weight is 381 g/mol. The summed E-state index contributed by atoms with van der Waals surface area (Å²) in [6, 6.07) is 5.04. The standard InChI is InChI=1S/C17H20FN3O4S/c1-2-20(13-5-3-12(18)4-6-13)17(23)15-7-8-16(22)21(19-15)14-9-10-26(24,25)11-14/h3-6,14H,2,7-11H2,1H3/t14-/m0/s1. The first-order valence-electron chi connectivity index (χ1n) is 8.48. The van der Waals surface area contributed by atoms with Gasteiger partial charge in [-0.15, -0.1) is 0 Å². The van der Waals surface area contributed by atoms with Gasteiger partial charge in [0, 0.05) is 25.1 Å². The number of sulfone groups is 1. The maximum absolute atomic E-state index is 13.1. The lowest BCUT2D eigenvalue weighted by atomic mass is 10.1. The van der Waals surface area contributed by atoms with E-state index in [0.717, 1.165) is 0 Å². The van der Waals surface area contributed by atoms with Crippen LogP contribution >= 0.6 is 0 Å². The molecule has 1 aromatic carbocycles. The molecule has 0 spiro atoms. The Bertz CT molecular complexity index is 851. The van der Waals surface area contributed by atoms with Crippen LogP contribution in [0.2, 0.25) is 0 Å². The largest absolute Gasteiger partial charge is 0.308 e. The summed E-state index contributed by atoms with van der Waals surface area (Å²) in [7, 11) is -3.17. The van der Waals surface area contributed by atoms with E-state index in [2.05, 4.69) is 5.10 Å². The molecule has 0 bridgehead atoms. The van der Waals surface area contributed by atoms with Crippen molar-refractivity contribution < 1.29 is 22.4 Å². The molecule has 2 aliphatic rings. The Kier molecular flexibility index (Phi) is 5.08. The van der Waals surface area contributed by atoms with Crippen molar-refractivity contribution in [3.63, 3.8) is 0 Å². The van der Waals surface area contributed by atoms with Crippen LogP contribution in [0.25, 0.3) is 0 Å². The summed E-state index contributed by atoms with van der Waals surface area (Å²) in [6.07, 6.45) is 0.641. The highest BCUT2D eigenvalue weighted by Gasteiger charge is 2.37. The van der Waals surface area contributed by atoms with Crippen LogP contribution in [-0.2, 0) is 19.4 Å². The summed E-state index contributed by atoms with van der Waals surface area (Å²) in [5.74, 6) is -1.13. The van der Waals surface area contributed by atoms with E-state index in [4.69, 9.17) is 0 Å². The Morgan fingerprint density at radius 3 is 2.58 bits per heavy atom. The first-order chi connectivity index (χ1) is 12.3. The average Bonchev–Trinajstić information content (AvgIpc) is 2.97. The van der Waals surface area contributed by atoms with Gasteiger partial charge >= 0.3 is 0 Å². The van der Waals surface area contributed by atoms with Crippen LogP contribution in [0.3, 0.4) is 0 Å². The van der Waals surface area contributed by atoms with E-state index in [0.29, 0.717) is 18.7 Å². The maximum atomic E-state index is 13.1. The van der Waals surface area contributed by atoms with Gasteiger partial charge < -0.3 is 4.90 Å². The van der Waals surface area contributed by atoms with Crippen LogP contribution in [0.15, 0.2) is 29.4 Å². The van der Waals surface area contributed by atoms with Gasteiger partial charge in [0.1, 0.15) is 11.5 Å². The van der Waals surface area contributed by atoms with E-state index < -0.39 is 21.7 Å². The molecule has 2 amide bonds. The minimum atomic E-state index is -3.17. The van der Waals surface area contributed by atoms with E-state index in [9.17, 15) is 22.4 Å². The summed E-state index contributed by atoms with van der Waals surface area (Å²) >= 11 is 0. The molecule has 2 heterocycles. The van der Waals surface area contributed by atoms with Crippen molar-refractivity contribution in [2.45, 2.75) is 32.2 Å². The number of anilines is 1. The van der Waals surface area contributed by atoms with E-state index >= 15 is 0 Å². The number of carbonyl (C=O) groups excluding carboxylic acids is 2. The quantitative estimate of drug-likeness (QED) is 0.788. The third kappa shape index (κ3) is 3.77. The predicted octanol–water partition coefficient (Wildman–Crippen LogP) is 1.34. The van der Waals surface area contributed by atoms with Gasteiger partial charge in [0.05, 0.1) is 17.5 Å². The predicted molar refractivity (Wildman–Crippen MR) is 95.0 cm³/mol. The summed E-state index contributed by atoms with van der Waals surface area (Å²) in [4.78, 5) is 26.5. The molecule has 140 valence electrons. The molecular formula is C17H20FN3O4S. The molecule has 2 aliphatic heterocycles. The van der Waals surface area contributed by atoms with Crippen molar-refractivity contribution in [1.29, 1.82) is 0 Å². The highest BCUT2D eigenvalue weighted by molar-refractivity contribution is 7.91. The van der Waals surface area contributed by atoms with E-state index in [1.165, 1.54) is 34.2 Å². The van der Waals surface area contributed by atoms with Crippen LogP contribution in [0.5, 0.6) is 0 Å². The number of nitrogens with zero attached hydrogens (tertiary/aromatic N) is 3. The Labute approximate surface area is 151 Å². The monoisotopic (exact) mass is 381 g/mol. The number of rotatable bonds is 4. The van der Waals surface area contributed by atoms with Gasteiger partial charge in [-0.1, -0.05) is 0 Å². The zero-order chi connectivity index (χ0) is 18.9. The van der Waals surface area contributed by atoms with Gasteiger partial charge in [0.15, 0.2) is 9.84 Å². The molecule has 1 atom stereocenters. The third-order valence-corrected chi connectivity index (χ3v) is 6.31. The van der Waals surface area contributed by atoms with Gasteiger partial charge in [0.25, 0.3) is 5.91 Å². The molecule has 0 unspecified atom stereocenters. The second-order valence-corrected chi connectivity index (χ2v) is 8.60. The SMILES string of the molecule is CCN(C(=O)C1=NN([C@H]2CCS(=O)(=O)C2)C(=O)CC1)c1ccc(F)cc1. The van der Waals surface area contributed by atoms with Crippen molar-refractivity contribution in [1.82, 2.24) is 5.01 Å². The van der Waals surface area contributed by atoms with Gasteiger partial charge in [-0.3, -0.25) is 9.59 Å². The number of hydrogen-bond acceptors (Lipinski definition) is 5. The van der Waals surface area contributed by atoms with Crippen LogP contribution in [0.1, 0.15) is 26.2 Å². The number of hydrazone groups is 1. The normalized spacial score (nSPS) is 22.2. The first kappa shape index (κ1) is 18.5. The number of carbonyl (C=O) groups is 2.